The van der Waals surface area contributed by atoms with Crippen LogP contribution in [0.2, 0.25) is 0 Å². The highest BCUT2D eigenvalue weighted by atomic mass is 19.4. The lowest BCUT2D eigenvalue weighted by atomic mass is 10.1. The van der Waals surface area contributed by atoms with Crippen LogP contribution in [0.25, 0.3) is 5.70 Å². The molecule has 0 saturated carbocycles. The summed E-state index contributed by atoms with van der Waals surface area (Å²) in [7, 11) is 7.44. The van der Waals surface area contributed by atoms with Gasteiger partial charge in [0, 0.05) is 62.4 Å². The maximum Gasteiger partial charge on any atom is 0.416 e. The average Bonchev–Trinajstić information content (AvgIpc) is 3.22. The number of carbonyl (C=O) groups excluding carboxylic acids is 1. The number of anilines is 2. The van der Waals surface area contributed by atoms with Gasteiger partial charge < -0.3 is 20.9 Å². The molecule has 0 unspecified atom stereocenters. The topological polar surface area (TPSA) is 103 Å². The third kappa shape index (κ3) is 7.84. The number of aromatic nitrogens is 2. The number of carbonyl (C=O) groups is 1. The highest BCUT2D eigenvalue weighted by Crippen LogP contribution is 2.32. The third-order valence-corrected chi connectivity index (χ3v) is 6.46. The summed E-state index contributed by atoms with van der Waals surface area (Å²) in [5.74, 6) is 5.82. The summed E-state index contributed by atoms with van der Waals surface area (Å²) >= 11 is 0. The molecule has 12 heteroatoms. The second-order valence-corrected chi connectivity index (χ2v) is 9.82. The number of rotatable bonds is 11. The molecule has 0 radical (unpaired) electrons. The van der Waals surface area contributed by atoms with Crippen LogP contribution in [0, 0.1) is 13.8 Å². The molecular formula is C28H37F3N8O. The van der Waals surface area contributed by atoms with Crippen LogP contribution in [0.5, 0.6) is 0 Å². The standard InChI is InChI=1S/C28H37F3N8O/c1-18-7-8-21(13-26(18)39(32)17-25(33-3)24-16-35-38(6)19(24)2)27(40)36-23-12-20(15-34-9-10-37(4)5)11-22(14-23)28(29,30)31/h7-8,11-14,16-17,33-34H,9-10,15,32H2,1-6H3,(H,36,40)/b25-17-. The quantitative estimate of drug-likeness (QED) is 0.161. The first-order valence-electron chi connectivity index (χ1n) is 12.7. The van der Waals surface area contributed by atoms with Crippen LogP contribution >= 0.6 is 0 Å². The fourth-order valence-electron chi connectivity index (χ4n) is 4.04. The minimum Gasteiger partial charge on any atom is -0.386 e. The SMILES string of the molecule is CN/C(=C\N(N)c1cc(C(=O)Nc2cc(CNCCN(C)C)cc(C(F)(F)F)c2)ccc1C)c1cnn(C)c1C. The molecule has 2 aromatic carbocycles. The van der Waals surface area contributed by atoms with Gasteiger partial charge in [0.2, 0.25) is 0 Å². The Morgan fingerprint density at radius 3 is 2.48 bits per heavy atom. The lowest BCUT2D eigenvalue weighted by molar-refractivity contribution is -0.137. The van der Waals surface area contributed by atoms with E-state index in [-0.39, 0.29) is 17.8 Å². The monoisotopic (exact) mass is 558 g/mol. The van der Waals surface area contributed by atoms with Crippen molar-refractivity contribution >= 4 is 23.0 Å². The predicted molar refractivity (Wildman–Crippen MR) is 152 cm³/mol. The van der Waals surface area contributed by atoms with Gasteiger partial charge in [-0.3, -0.25) is 14.5 Å². The Bertz CT molecular complexity index is 1360. The summed E-state index contributed by atoms with van der Waals surface area (Å²) in [6, 6.07) is 8.50. The normalized spacial score (nSPS) is 12.1. The fraction of sp³-hybridized carbons (Fsp3) is 0.357. The largest absolute Gasteiger partial charge is 0.416 e. The molecule has 0 fully saturated rings. The maximum absolute atomic E-state index is 13.6. The first-order chi connectivity index (χ1) is 18.8. The van der Waals surface area contributed by atoms with E-state index < -0.39 is 17.6 Å². The van der Waals surface area contributed by atoms with E-state index in [2.05, 4.69) is 21.0 Å². The molecule has 1 heterocycles. The highest BCUT2D eigenvalue weighted by molar-refractivity contribution is 6.05. The lowest BCUT2D eigenvalue weighted by Crippen LogP contribution is -2.27. The Labute approximate surface area is 232 Å². The number of nitrogens with two attached hydrogens (primary N) is 1. The van der Waals surface area contributed by atoms with Gasteiger partial charge in [-0.1, -0.05) is 6.07 Å². The van der Waals surface area contributed by atoms with Crippen molar-refractivity contribution in [3.63, 3.8) is 0 Å². The van der Waals surface area contributed by atoms with Gasteiger partial charge in [-0.15, -0.1) is 0 Å². The number of halogens is 3. The number of hydrogen-bond acceptors (Lipinski definition) is 7. The number of nitrogens with one attached hydrogen (secondary N) is 3. The minimum atomic E-state index is -4.56. The molecule has 0 bridgehead atoms. The van der Waals surface area contributed by atoms with E-state index >= 15 is 0 Å². The second kappa shape index (κ2) is 13.0. The fourth-order valence-corrected chi connectivity index (χ4v) is 4.04. The Morgan fingerprint density at radius 1 is 1.15 bits per heavy atom. The summed E-state index contributed by atoms with van der Waals surface area (Å²) in [6.07, 6.45) is -1.14. The van der Waals surface area contributed by atoms with Crippen molar-refractivity contribution in [1.29, 1.82) is 0 Å². The molecule has 3 rings (SSSR count). The van der Waals surface area contributed by atoms with Gasteiger partial charge in [0.15, 0.2) is 0 Å². The van der Waals surface area contributed by atoms with Crippen molar-refractivity contribution in [3.8, 4) is 0 Å². The van der Waals surface area contributed by atoms with Gasteiger partial charge in [-0.05, 0) is 69.4 Å². The molecule has 0 aliphatic carbocycles. The Kier molecular flexibility index (Phi) is 9.96. The second-order valence-electron chi connectivity index (χ2n) is 9.82. The number of aryl methyl sites for hydroxylation is 2. The van der Waals surface area contributed by atoms with E-state index in [4.69, 9.17) is 5.84 Å². The molecule has 0 atom stereocenters. The van der Waals surface area contributed by atoms with Gasteiger partial charge in [-0.25, -0.2) is 5.84 Å². The zero-order valence-electron chi connectivity index (χ0n) is 23.6. The maximum atomic E-state index is 13.6. The lowest BCUT2D eigenvalue weighted by Gasteiger charge is -2.20. The average molecular weight is 559 g/mol. The van der Waals surface area contributed by atoms with Gasteiger partial charge in [0.05, 0.1) is 23.1 Å². The van der Waals surface area contributed by atoms with Gasteiger partial charge in [-0.2, -0.15) is 18.3 Å². The van der Waals surface area contributed by atoms with Crippen molar-refractivity contribution in [1.82, 2.24) is 25.3 Å². The predicted octanol–water partition coefficient (Wildman–Crippen LogP) is 3.86. The number of likely N-dealkylation sites (N-methyl/N-ethyl adjacent to an activating group) is 1. The van der Waals surface area contributed by atoms with Crippen LogP contribution in [-0.2, 0) is 19.8 Å². The number of amides is 1. The van der Waals surface area contributed by atoms with E-state index in [9.17, 15) is 18.0 Å². The number of nitrogens with zero attached hydrogens (tertiary/aromatic N) is 4. The third-order valence-electron chi connectivity index (χ3n) is 6.46. The van der Waals surface area contributed by atoms with Crippen molar-refractivity contribution in [2.24, 2.45) is 12.9 Å². The molecule has 0 saturated heterocycles. The molecule has 216 valence electrons. The van der Waals surface area contributed by atoms with Gasteiger partial charge in [0.25, 0.3) is 5.91 Å². The minimum absolute atomic E-state index is 0.0559. The van der Waals surface area contributed by atoms with Crippen LogP contribution in [0.1, 0.15) is 38.3 Å². The Hall–Kier alpha value is -3.87. The zero-order valence-corrected chi connectivity index (χ0v) is 23.6. The molecule has 0 aliphatic heterocycles. The van der Waals surface area contributed by atoms with E-state index in [1.165, 1.54) is 11.1 Å². The highest BCUT2D eigenvalue weighted by Gasteiger charge is 2.31. The van der Waals surface area contributed by atoms with Gasteiger partial charge in [0.1, 0.15) is 0 Å². The molecule has 5 N–H and O–H groups in total. The summed E-state index contributed by atoms with van der Waals surface area (Å²) in [5.41, 5.74) is 3.76. The smallest absolute Gasteiger partial charge is 0.386 e. The first kappa shape index (κ1) is 30.7. The number of hydrazine groups is 1. The summed E-state index contributed by atoms with van der Waals surface area (Å²) in [6.45, 7) is 5.36. The number of alkyl halides is 3. The summed E-state index contributed by atoms with van der Waals surface area (Å²) in [4.78, 5) is 15.1. The van der Waals surface area contributed by atoms with Crippen molar-refractivity contribution < 1.29 is 18.0 Å². The molecule has 9 nitrogen and oxygen atoms in total. The van der Waals surface area contributed by atoms with Crippen molar-refractivity contribution in [3.05, 3.63) is 82.3 Å². The molecule has 0 spiro atoms. The molecule has 1 aromatic heterocycles. The Balaban J connectivity index is 1.85. The Morgan fingerprint density at radius 2 is 1.88 bits per heavy atom. The van der Waals surface area contributed by atoms with E-state index in [1.807, 2.05) is 39.9 Å². The van der Waals surface area contributed by atoms with Crippen LogP contribution in [0.3, 0.4) is 0 Å². The molecule has 3 aromatic rings. The first-order valence-corrected chi connectivity index (χ1v) is 12.7. The molecular weight excluding hydrogens is 521 g/mol. The van der Waals surface area contributed by atoms with Crippen LogP contribution in [-0.4, -0.2) is 54.8 Å². The summed E-state index contributed by atoms with van der Waals surface area (Å²) in [5, 5.41) is 14.5. The summed E-state index contributed by atoms with van der Waals surface area (Å²) < 4.78 is 42.5. The zero-order chi connectivity index (χ0) is 29.6. The van der Waals surface area contributed by atoms with Crippen LogP contribution in [0.4, 0.5) is 24.5 Å². The number of hydrogen-bond donors (Lipinski definition) is 4. The van der Waals surface area contributed by atoms with E-state index in [0.29, 0.717) is 17.8 Å². The van der Waals surface area contributed by atoms with E-state index in [1.54, 1.807) is 42.3 Å². The van der Waals surface area contributed by atoms with Crippen LogP contribution < -0.4 is 26.8 Å². The molecule has 40 heavy (non-hydrogen) atoms. The molecule has 0 aliphatic rings. The van der Waals surface area contributed by atoms with Crippen molar-refractivity contribution in [2.45, 2.75) is 26.6 Å². The van der Waals surface area contributed by atoms with Gasteiger partial charge >= 0.3 is 6.18 Å². The van der Waals surface area contributed by atoms with Crippen molar-refractivity contribution in [2.75, 3.05) is 44.6 Å². The van der Waals surface area contributed by atoms with E-state index in [0.717, 1.165) is 41.2 Å². The number of benzene rings is 2. The molecule has 1 amide bonds. The van der Waals surface area contributed by atoms with Crippen LogP contribution in [0.15, 0.2) is 48.8 Å².